The van der Waals surface area contributed by atoms with Crippen LogP contribution in [0.1, 0.15) is 11.1 Å². The number of benzene rings is 2. The molecule has 0 N–H and O–H groups in total. The molecular formula is C24H30N4O2S4. The molecule has 0 aliphatic carbocycles. The quantitative estimate of drug-likeness (QED) is 0.350. The Morgan fingerprint density at radius 2 is 0.765 bits per heavy atom. The summed E-state index contributed by atoms with van der Waals surface area (Å²) in [6.45, 7) is 1.50. The van der Waals surface area contributed by atoms with Crippen molar-refractivity contribution in [1.82, 2.24) is 19.6 Å². The molecular weight excluding hydrogens is 505 g/mol. The summed E-state index contributed by atoms with van der Waals surface area (Å²) >= 11 is 18.0. The second kappa shape index (κ2) is 10.6. The van der Waals surface area contributed by atoms with E-state index >= 15 is 0 Å². The molecule has 34 heavy (non-hydrogen) atoms. The second-order valence-electron chi connectivity index (χ2n) is 8.14. The lowest BCUT2D eigenvalue weighted by Gasteiger charge is -2.50. The second-order valence-corrected chi connectivity index (χ2v) is 9.93. The fraction of sp³-hybridized carbons (Fsp3) is 0.417. The minimum Gasteiger partial charge on any atom is -0.292 e. The molecule has 182 valence electrons. The third-order valence-electron chi connectivity index (χ3n) is 6.62. The van der Waals surface area contributed by atoms with Crippen molar-refractivity contribution in [2.24, 2.45) is 0 Å². The van der Waals surface area contributed by atoms with Gasteiger partial charge in [-0.05, 0) is 0 Å². The first kappa shape index (κ1) is 25.5. The predicted octanol–water partition coefficient (Wildman–Crippen LogP) is 3.89. The van der Waals surface area contributed by atoms with Crippen molar-refractivity contribution < 1.29 is 9.59 Å². The van der Waals surface area contributed by atoms with Gasteiger partial charge in [0.05, 0.1) is 0 Å². The minimum atomic E-state index is -1.12. The maximum atomic E-state index is 14.2. The molecule has 0 unspecified atom stereocenters. The topological polar surface area (TPSA) is 47.1 Å². The molecule has 2 heterocycles. The largest absolute Gasteiger partial charge is 0.324 e. The molecule has 2 saturated heterocycles. The number of amides is 4. The van der Waals surface area contributed by atoms with E-state index in [4.69, 9.17) is 0 Å². The third kappa shape index (κ3) is 3.43. The summed E-state index contributed by atoms with van der Waals surface area (Å²) in [6, 6.07) is 19.4. The van der Waals surface area contributed by atoms with Gasteiger partial charge in [-0.2, -0.15) is 50.5 Å². The van der Waals surface area contributed by atoms with Crippen molar-refractivity contribution in [2.45, 2.75) is 11.3 Å². The van der Waals surface area contributed by atoms with Crippen molar-refractivity contribution in [2.75, 3.05) is 49.2 Å². The standard InChI is InChI=1S/C24H30N4O2S4/c29-21-25(11-15-31)23(19-7-3-1-4-8-19)24(27(21)13-17-33,20-9-5-2-6-10-20)28(14-18-34)22(30)26(23)12-16-32/h1-10,31-34H,11-18H2. The third-order valence-corrected chi connectivity index (χ3v) is 7.42. The maximum Gasteiger partial charge on any atom is 0.324 e. The van der Waals surface area contributed by atoms with Crippen LogP contribution in [0.5, 0.6) is 0 Å². The van der Waals surface area contributed by atoms with E-state index in [1.54, 1.807) is 0 Å². The highest BCUT2D eigenvalue weighted by atomic mass is 32.1. The molecule has 0 bridgehead atoms. The summed E-state index contributed by atoms with van der Waals surface area (Å²) in [6.07, 6.45) is 0. The van der Waals surface area contributed by atoms with Crippen LogP contribution in [0.4, 0.5) is 9.59 Å². The lowest BCUT2D eigenvalue weighted by molar-refractivity contribution is -0.0698. The fourth-order valence-corrected chi connectivity index (χ4v) is 6.49. The number of fused-ring (bicyclic) bond motifs is 1. The van der Waals surface area contributed by atoms with Gasteiger partial charge in [0.1, 0.15) is 0 Å². The summed E-state index contributed by atoms with van der Waals surface area (Å²) in [5.74, 6) is 1.82. The molecule has 2 aliphatic heterocycles. The summed E-state index contributed by atoms with van der Waals surface area (Å²) < 4.78 is 0. The highest BCUT2D eigenvalue weighted by Crippen LogP contribution is 2.62. The van der Waals surface area contributed by atoms with Gasteiger partial charge in [0, 0.05) is 60.3 Å². The van der Waals surface area contributed by atoms with Gasteiger partial charge in [0.15, 0.2) is 11.3 Å². The van der Waals surface area contributed by atoms with Gasteiger partial charge in [0.25, 0.3) is 0 Å². The molecule has 0 spiro atoms. The predicted molar refractivity (Wildman–Crippen MR) is 149 cm³/mol. The van der Waals surface area contributed by atoms with Gasteiger partial charge in [-0.3, -0.25) is 19.6 Å². The van der Waals surface area contributed by atoms with Gasteiger partial charge < -0.3 is 0 Å². The molecule has 0 radical (unpaired) electrons. The first-order valence-electron chi connectivity index (χ1n) is 11.3. The van der Waals surface area contributed by atoms with Crippen molar-refractivity contribution in [1.29, 1.82) is 0 Å². The first-order chi connectivity index (χ1) is 16.6. The number of hydrogen-bond acceptors (Lipinski definition) is 6. The van der Waals surface area contributed by atoms with Crippen LogP contribution in [0.3, 0.4) is 0 Å². The van der Waals surface area contributed by atoms with E-state index in [9.17, 15) is 9.59 Å². The SMILES string of the molecule is O=C1N(CCS)C2(c3ccccc3)N(CCS)C(=O)N(CCS)C2(c2ccccc2)N1CCS. The van der Waals surface area contributed by atoms with E-state index in [1.807, 2.05) is 80.3 Å². The number of nitrogens with zero attached hydrogens (tertiary/aromatic N) is 4. The Balaban J connectivity index is 2.19. The zero-order chi connectivity index (χ0) is 24.3. The number of urea groups is 2. The number of thiol groups is 4. The molecule has 0 aromatic heterocycles. The molecule has 0 atom stereocenters. The summed E-state index contributed by atoms with van der Waals surface area (Å²) in [5, 5.41) is 0. The normalized spacial score (nSPS) is 24.4. The molecule has 2 aliphatic rings. The Labute approximate surface area is 223 Å². The van der Waals surface area contributed by atoms with E-state index in [-0.39, 0.29) is 12.1 Å². The Morgan fingerprint density at radius 3 is 1.00 bits per heavy atom. The van der Waals surface area contributed by atoms with Gasteiger partial charge in [-0.1, -0.05) is 60.7 Å². The van der Waals surface area contributed by atoms with Crippen LogP contribution in [-0.4, -0.2) is 80.9 Å². The van der Waals surface area contributed by atoms with E-state index < -0.39 is 11.3 Å². The average molecular weight is 535 g/mol. The first-order valence-corrected chi connectivity index (χ1v) is 13.8. The lowest BCUT2D eigenvalue weighted by Crippen LogP contribution is -2.64. The number of carbonyl (C=O) groups is 2. The monoisotopic (exact) mass is 534 g/mol. The van der Waals surface area contributed by atoms with Crippen molar-refractivity contribution in [3.8, 4) is 0 Å². The summed E-state index contributed by atoms with van der Waals surface area (Å²) in [7, 11) is 0. The summed E-state index contributed by atoms with van der Waals surface area (Å²) in [5.41, 5.74) is -0.512. The van der Waals surface area contributed by atoms with Crippen LogP contribution in [0.15, 0.2) is 60.7 Å². The van der Waals surface area contributed by atoms with Crippen LogP contribution >= 0.6 is 50.5 Å². The molecule has 2 aromatic carbocycles. The van der Waals surface area contributed by atoms with Crippen molar-refractivity contribution in [3.05, 3.63) is 71.8 Å². The van der Waals surface area contributed by atoms with E-state index in [2.05, 4.69) is 50.5 Å². The van der Waals surface area contributed by atoms with Gasteiger partial charge in [-0.15, -0.1) is 0 Å². The van der Waals surface area contributed by atoms with E-state index in [0.29, 0.717) is 49.2 Å². The molecule has 0 saturated carbocycles. The van der Waals surface area contributed by atoms with Crippen molar-refractivity contribution in [3.63, 3.8) is 0 Å². The Hall–Kier alpha value is -1.62. The average Bonchev–Trinajstić information content (AvgIpc) is 3.20. The number of hydrogen-bond donors (Lipinski definition) is 4. The number of rotatable bonds is 10. The van der Waals surface area contributed by atoms with Crippen LogP contribution < -0.4 is 0 Å². The molecule has 2 fully saturated rings. The minimum absolute atomic E-state index is 0.142. The van der Waals surface area contributed by atoms with Gasteiger partial charge in [0.2, 0.25) is 0 Å². The molecule has 6 nitrogen and oxygen atoms in total. The maximum absolute atomic E-state index is 14.2. The molecule has 4 amide bonds. The molecule has 10 heteroatoms. The van der Waals surface area contributed by atoms with Crippen LogP contribution in [0.2, 0.25) is 0 Å². The fourth-order valence-electron chi connectivity index (χ4n) is 5.69. The molecule has 2 aromatic rings. The summed E-state index contributed by atoms with van der Waals surface area (Å²) in [4.78, 5) is 35.8. The van der Waals surface area contributed by atoms with Crippen molar-refractivity contribution >= 4 is 62.6 Å². The highest BCUT2D eigenvalue weighted by Gasteiger charge is 2.79. The van der Waals surface area contributed by atoms with Gasteiger partial charge in [-0.25, -0.2) is 9.59 Å². The smallest absolute Gasteiger partial charge is 0.292 e. The number of carbonyl (C=O) groups excluding carboxylic acids is 2. The van der Waals surface area contributed by atoms with Crippen LogP contribution in [-0.2, 0) is 11.3 Å². The molecule has 4 rings (SSSR count). The zero-order valence-electron chi connectivity index (χ0n) is 18.8. The van der Waals surface area contributed by atoms with Crippen LogP contribution in [0.25, 0.3) is 0 Å². The lowest BCUT2D eigenvalue weighted by atomic mass is 9.79. The Bertz CT molecular complexity index is 897. The van der Waals surface area contributed by atoms with E-state index in [1.165, 1.54) is 0 Å². The highest BCUT2D eigenvalue weighted by molar-refractivity contribution is 7.80. The van der Waals surface area contributed by atoms with E-state index in [0.717, 1.165) is 11.1 Å². The van der Waals surface area contributed by atoms with Gasteiger partial charge >= 0.3 is 12.1 Å². The Morgan fingerprint density at radius 1 is 0.500 bits per heavy atom. The Kier molecular flexibility index (Phi) is 7.91. The van der Waals surface area contributed by atoms with Crippen LogP contribution in [0, 0.1) is 0 Å². The zero-order valence-corrected chi connectivity index (χ0v) is 22.4.